The van der Waals surface area contributed by atoms with Crippen LogP contribution in [0.2, 0.25) is 0 Å². The number of nitrogens with zero attached hydrogens (tertiary/aromatic N) is 3. The number of aromatic nitrogens is 3. The molecule has 0 saturated heterocycles. The van der Waals surface area contributed by atoms with E-state index in [1.807, 2.05) is 4.57 Å². The smallest absolute Gasteiger partial charge is 0.318 e. The predicted octanol–water partition coefficient (Wildman–Crippen LogP) is 1.98. The molecule has 10 heteroatoms. The maximum atomic E-state index is 12.6. The lowest BCUT2D eigenvalue weighted by Gasteiger charge is -2.16. The van der Waals surface area contributed by atoms with E-state index in [9.17, 15) is 21.6 Å². The summed E-state index contributed by atoms with van der Waals surface area (Å²) < 4.78 is 66.8. The molecule has 130 valence electrons. The zero-order valence-corrected chi connectivity index (χ0v) is 13.3. The van der Waals surface area contributed by atoms with Gasteiger partial charge in [-0.1, -0.05) is 0 Å². The standard InChI is InChI=1S/C14H15F3N4O2S/c15-14(16,17)10-1-4-12(5-2-10)24(22,23)20-11-3-6-13-19-18-9-21(13)8-7-11/h1-2,4-5,9,11,20H,3,6-8H2. The van der Waals surface area contributed by atoms with Crippen LogP contribution in [0.15, 0.2) is 35.5 Å². The van der Waals surface area contributed by atoms with Gasteiger partial charge in [0.05, 0.1) is 10.5 Å². The van der Waals surface area contributed by atoms with E-state index in [-0.39, 0.29) is 10.9 Å². The van der Waals surface area contributed by atoms with Crippen LogP contribution in [0.5, 0.6) is 0 Å². The first-order chi connectivity index (χ1) is 11.3. The monoisotopic (exact) mass is 360 g/mol. The van der Waals surface area contributed by atoms with Crippen molar-refractivity contribution in [3.63, 3.8) is 0 Å². The minimum atomic E-state index is -4.49. The fraction of sp³-hybridized carbons (Fsp3) is 0.429. The van der Waals surface area contributed by atoms with E-state index in [0.29, 0.717) is 25.8 Å². The first kappa shape index (κ1) is 16.9. The van der Waals surface area contributed by atoms with Crippen LogP contribution in [-0.4, -0.2) is 29.2 Å². The lowest BCUT2D eigenvalue weighted by Crippen LogP contribution is -2.35. The van der Waals surface area contributed by atoms with E-state index < -0.39 is 21.8 Å². The van der Waals surface area contributed by atoms with Gasteiger partial charge in [0.25, 0.3) is 0 Å². The lowest BCUT2D eigenvalue weighted by molar-refractivity contribution is -0.137. The van der Waals surface area contributed by atoms with Crippen LogP contribution in [0, 0.1) is 0 Å². The molecular weight excluding hydrogens is 345 g/mol. The molecule has 2 heterocycles. The van der Waals surface area contributed by atoms with Crippen LogP contribution in [0.25, 0.3) is 0 Å². The Hall–Kier alpha value is -1.94. The summed E-state index contributed by atoms with van der Waals surface area (Å²) in [6.07, 6.45) is -1.20. The van der Waals surface area contributed by atoms with E-state index in [1.54, 1.807) is 6.33 Å². The minimum Gasteiger partial charge on any atom is -0.318 e. The number of sulfonamides is 1. The Kier molecular flexibility index (Phi) is 4.35. The van der Waals surface area contributed by atoms with Crippen molar-refractivity contribution in [3.05, 3.63) is 42.0 Å². The average Bonchev–Trinajstić information content (AvgIpc) is 2.89. The molecule has 2 aromatic rings. The third-order valence-electron chi connectivity index (χ3n) is 3.94. The topological polar surface area (TPSA) is 76.9 Å². The van der Waals surface area contributed by atoms with Crippen molar-refractivity contribution in [1.29, 1.82) is 0 Å². The predicted molar refractivity (Wildman–Crippen MR) is 78.5 cm³/mol. The Morgan fingerprint density at radius 2 is 1.88 bits per heavy atom. The molecule has 1 aromatic carbocycles. The first-order valence-corrected chi connectivity index (χ1v) is 8.80. The molecule has 0 bridgehead atoms. The Labute approximate surface area is 136 Å². The number of aryl methyl sites for hydroxylation is 2. The summed E-state index contributed by atoms with van der Waals surface area (Å²) in [5.41, 5.74) is -0.881. The molecule has 0 amide bonds. The van der Waals surface area contributed by atoms with Gasteiger partial charge in [-0.2, -0.15) is 13.2 Å². The molecule has 1 aliphatic rings. The number of halogens is 3. The fourth-order valence-electron chi connectivity index (χ4n) is 2.63. The maximum Gasteiger partial charge on any atom is 0.416 e. The van der Waals surface area contributed by atoms with Gasteiger partial charge in [-0.3, -0.25) is 0 Å². The third-order valence-corrected chi connectivity index (χ3v) is 5.48. The molecule has 1 N–H and O–H groups in total. The second kappa shape index (κ2) is 6.17. The van der Waals surface area contributed by atoms with Gasteiger partial charge in [0.15, 0.2) is 0 Å². The fourth-order valence-corrected chi connectivity index (χ4v) is 3.94. The molecule has 24 heavy (non-hydrogen) atoms. The van der Waals surface area contributed by atoms with Gasteiger partial charge in [-0.25, -0.2) is 13.1 Å². The summed E-state index contributed by atoms with van der Waals surface area (Å²) in [6.45, 7) is 0.586. The van der Waals surface area contributed by atoms with Crippen LogP contribution in [-0.2, 0) is 29.2 Å². The normalized spacial score (nSPS) is 18.9. The average molecular weight is 360 g/mol. The highest BCUT2D eigenvalue weighted by atomic mass is 32.2. The van der Waals surface area contributed by atoms with Crippen molar-refractivity contribution in [3.8, 4) is 0 Å². The summed E-state index contributed by atoms with van der Waals surface area (Å²) in [4.78, 5) is -0.181. The zero-order chi connectivity index (χ0) is 17.4. The largest absolute Gasteiger partial charge is 0.416 e. The van der Waals surface area contributed by atoms with Gasteiger partial charge in [0.2, 0.25) is 10.0 Å². The van der Waals surface area contributed by atoms with Crippen molar-refractivity contribution in [2.45, 2.75) is 42.9 Å². The summed E-state index contributed by atoms with van der Waals surface area (Å²) in [6, 6.07) is 3.17. The van der Waals surface area contributed by atoms with Crippen LogP contribution in [0.3, 0.4) is 0 Å². The Balaban J connectivity index is 1.71. The molecule has 1 unspecified atom stereocenters. The van der Waals surface area contributed by atoms with Crippen LogP contribution in [0.1, 0.15) is 24.2 Å². The van der Waals surface area contributed by atoms with Gasteiger partial charge in [0, 0.05) is 19.0 Å². The molecule has 0 fully saturated rings. The molecule has 1 aliphatic heterocycles. The minimum absolute atomic E-state index is 0.181. The lowest BCUT2D eigenvalue weighted by atomic mass is 10.1. The van der Waals surface area contributed by atoms with E-state index in [0.717, 1.165) is 30.1 Å². The van der Waals surface area contributed by atoms with E-state index >= 15 is 0 Å². The summed E-state index contributed by atoms with van der Waals surface area (Å²) in [5.74, 6) is 0.797. The Morgan fingerprint density at radius 3 is 2.54 bits per heavy atom. The van der Waals surface area contributed by atoms with Gasteiger partial charge >= 0.3 is 6.18 Å². The van der Waals surface area contributed by atoms with Crippen molar-refractivity contribution in [2.75, 3.05) is 0 Å². The summed E-state index contributed by atoms with van der Waals surface area (Å²) in [7, 11) is -3.87. The quantitative estimate of drug-likeness (QED) is 0.908. The number of rotatable bonds is 3. The molecule has 0 radical (unpaired) electrons. The Morgan fingerprint density at radius 1 is 1.17 bits per heavy atom. The van der Waals surface area contributed by atoms with Gasteiger partial charge in [-0.15, -0.1) is 10.2 Å². The molecule has 0 saturated carbocycles. The number of hydrogen-bond donors (Lipinski definition) is 1. The molecule has 6 nitrogen and oxygen atoms in total. The number of benzene rings is 1. The van der Waals surface area contributed by atoms with Crippen molar-refractivity contribution in [1.82, 2.24) is 19.5 Å². The van der Waals surface area contributed by atoms with Gasteiger partial charge in [-0.05, 0) is 37.1 Å². The van der Waals surface area contributed by atoms with Crippen molar-refractivity contribution < 1.29 is 21.6 Å². The molecule has 1 atom stereocenters. The number of hydrogen-bond acceptors (Lipinski definition) is 4. The van der Waals surface area contributed by atoms with E-state index in [4.69, 9.17) is 0 Å². The van der Waals surface area contributed by atoms with E-state index in [1.165, 1.54) is 0 Å². The Bertz CT molecular complexity index is 793. The molecule has 0 aliphatic carbocycles. The van der Waals surface area contributed by atoms with Gasteiger partial charge in [0.1, 0.15) is 12.2 Å². The van der Waals surface area contributed by atoms with Crippen LogP contribution in [0.4, 0.5) is 13.2 Å². The molecule has 1 aromatic heterocycles. The number of nitrogens with one attached hydrogen (secondary N) is 1. The second-order valence-corrected chi connectivity index (χ2v) is 7.32. The highest BCUT2D eigenvalue weighted by Crippen LogP contribution is 2.29. The molecule has 0 spiro atoms. The summed E-state index contributed by atoms with van der Waals surface area (Å²) in [5, 5.41) is 7.77. The molecular formula is C14H15F3N4O2S. The third kappa shape index (κ3) is 3.59. The molecule has 3 rings (SSSR count). The second-order valence-electron chi connectivity index (χ2n) is 5.61. The summed E-state index contributed by atoms with van der Waals surface area (Å²) >= 11 is 0. The highest BCUT2D eigenvalue weighted by molar-refractivity contribution is 7.89. The maximum absolute atomic E-state index is 12.6. The van der Waals surface area contributed by atoms with E-state index in [2.05, 4.69) is 14.9 Å². The number of fused-ring (bicyclic) bond motifs is 1. The van der Waals surface area contributed by atoms with Crippen LogP contribution < -0.4 is 4.72 Å². The van der Waals surface area contributed by atoms with Crippen molar-refractivity contribution in [2.24, 2.45) is 0 Å². The van der Waals surface area contributed by atoms with Crippen molar-refractivity contribution >= 4 is 10.0 Å². The van der Waals surface area contributed by atoms with Crippen LogP contribution >= 0.6 is 0 Å². The van der Waals surface area contributed by atoms with Gasteiger partial charge < -0.3 is 4.57 Å². The zero-order valence-electron chi connectivity index (χ0n) is 12.5. The highest BCUT2D eigenvalue weighted by Gasteiger charge is 2.31. The first-order valence-electron chi connectivity index (χ1n) is 7.32. The number of alkyl halides is 3. The SMILES string of the molecule is O=S(=O)(NC1CCc2nncn2CC1)c1ccc(C(F)(F)F)cc1.